The second-order valence-corrected chi connectivity index (χ2v) is 4.79. The molecule has 0 spiro atoms. The van der Waals surface area contributed by atoms with Gasteiger partial charge in [0.25, 0.3) is 0 Å². The highest BCUT2D eigenvalue weighted by molar-refractivity contribution is 5.85. The Morgan fingerprint density at radius 2 is 2.06 bits per heavy atom. The third-order valence-corrected chi connectivity index (χ3v) is 3.79. The Morgan fingerprint density at radius 3 is 2.72 bits per heavy atom. The molecule has 1 heterocycles. The molecule has 100 valence electrons. The normalized spacial score (nSPS) is 20.8. The van der Waals surface area contributed by atoms with E-state index in [1.807, 2.05) is 18.2 Å². The van der Waals surface area contributed by atoms with Crippen LogP contribution in [-0.4, -0.2) is 18.0 Å². The number of nitrogens with two attached hydrogens (primary N) is 1. The van der Waals surface area contributed by atoms with Crippen LogP contribution in [0.1, 0.15) is 30.9 Å². The first kappa shape index (κ1) is 13.5. The predicted octanol–water partition coefficient (Wildman–Crippen LogP) is 2.00. The van der Waals surface area contributed by atoms with Crippen LogP contribution in [0.2, 0.25) is 0 Å². The molecule has 2 atom stereocenters. The third kappa shape index (κ3) is 2.16. The molecule has 1 aromatic rings. The number of ether oxygens (including phenoxy) is 2. The molecule has 1 aromatic carbocycles. The fourth-order valence-electron chi connectivity index (χ4n) is 2.47. The predicted molar refractivity (Wildman–Crippen MR) is 70.1 cm³/mol. The molecule has 0 radical (unpaired) electrons. The van der Waals surface area contributed by atoms with Gasteiger partial charge in [-0.3, -0.25) is 0 Å². The SMILES string of the molecule is Cl.N[C@H](c1cccc2c1OCO2)[C@@H](O)C1CCC1. The number of hydrogen-bond donors (Lipinski definition) is 2. The highest BCUT2D eigenvalue weighted by Crippen LogP contribution is 2.41. The van der Waals surface area contributed by atoms with Crippen molar-refractivity contribution in [2.45, 2.75) is 31.4 Å². The van der Waals surface area contributed by atoms with Gasteiger partial charge in [0.05, 0.1) is 12.1 Å². The Hall–Kier alpha value is -0.970. The summed E-state index contributed by atoms with van der Waals surface area (Å²) < 4.78 is 10.7. The molecule has 1 fully saturated rings. The first-order chi connectivity index (χ1) is 8.27. The van der Waals surface area contributed by atoms with E-state index in [1.54, 1.807) is 0 Å². The maximum atomic E-state index is 10.2. The Balaban J connectivity index is 0.00000120. The number of rotatable bonds is 3. The Kier molecular flexibility index (Phi) is 4.00. The molecule has 1 aliphatic heterocycles. The molecule has 5 heteroatoms. The molecule has 0 unspecified atom stereocenters. The van der Waals surface area contributed by atoms with Crippen molar-refractivity contribution >= 4 is 12.4 Å². The van der Waals surface area contributed by atoms with Crippen LogP contribution in [0.15, 0.2) is 18.2 Å². The van der Waals surface area contributed by atoms with Crippen LogP contribution >= 0.6 is 12.4 Å². The smallest absolute Gasteiger partial charge is 0.231 e. The summed E-state index contributed by atoms with van der Waals surface area (Å²) in [5.74, 6) is 1.75. The molecular formula is C13H18ClNO3. The van der Waals surface area contributed by atoms with Crippen LogP contribution in [0.5, 0.6) is 11.5 Å². The minimum Gasteiger partial charge on any atom is -0.454 e. The summed E-state index contributed by atoms with van der Waals surface area (Å²) >= 11 is 0. The number of aliphatic hydroxyl groups excluding tert-OH is 1. The number of halogens is 1. The largest absolute Gasteiger partial charge is 0.454 e. The van der Waals surface area contributed by atoms with E-state index >= 15 is 0 Å². The van der Waals surface area contributed by atoms with Crippen LogP contribution in [-0.2, 0) is 0 Å². The topological polar surface area (TPSA) is 64.7 Å². The summed E-state index contributed by atoms with van der Waals surface area (Å²) in [6.07, 6.45) is 2.85. The number of fused-ring (bicyclic) bond motifs is 1. The highest BCUT2D eigenvalue weighted by atomic mass is 35.5. The summed E-state index contributed by atoms with van der Waals surface area (Å²) in [7, 11) is 0. The molecule has 18 heavy (non-hydrogen) atoms. The summed E-state index contributed by atoms with van der Waals surface area (Å²) in [5, 5.41) is 10.2. The van der Waals surface area contributed by atoms with Crippen molar-refractivity contribution in [1.82, 2.24) is 0 Å². The van der Waals surface area contributed by atoms with Gasteiger partial charge in [-0.2, -0.15) is 0 Å². The lowest BCUT2D eigenvalue weighted by molar-refractivity contribution is 0.0406. The minimum absolute atomic E-state index is 0. The van der Waals surface area contributed by atoms with Crippen LogP contribution in [0.4, 0.5) is 0 Å². The fourth-order valence-corrected chi connectivity index (χ4v) is 2.47. The zero-order valence-electron chi connectivity index (χ0n) is 10.0. The molecule has 0 saturated heterocycles. The van der Waals surface area contributed by atoms with Gasteiger partial charge in [0, 0.05) is 5.56 Å². The first-order valence-corrected chi connectivity index (χ1v) is 6.09. The fraction of sp³-hybridized carbons (Fsp3) is 0.538. The van der Waals surface area contributed by atoms with E-state index in [0.717, 1.165) is 24.2 Å². The van der Waals surface area contributed by atoms with Gasteiger partial charge < -0.3 is 20.3 Å². The second kappa shape index (κ2) is 5.34. The molecular weight excluding hydrogens is 254 g/mol. The molecule has 2 aliphatic rings. The van der Waals surface area contributed by atoms with Crippen molar-refractivity contribution in [2.24, 2.45) is 11.7 Å². The average Bonchev–Trinajstić information content (AvgIpc) is 2.73. The number of hydrogen-bond acceptors (Lipinski definition) is 4. The van der Waals surface area contributed by atoms with Crippen LogP contribution in [0.3, 0.4) is 0 Å². The van der Waals surface area contributed by atoms with E-state index in [4.69, 9.17) is 15.2 Å². The van der Waals surface area contributed by atoms with Gasteiger partial charge in [0.2, 0.25) is 6.79 Å². The van der Waals surface area contributed by atoms with Gasteiger partial charge in [-0.05, 0) is 24.8 Å². The molecule has 3 rings (SSSR count). The lowest BCUT2D eigenvalue weighted by Gasteiger charge is -2.34. The molecule has 0 aromatic heterocycles. The summed E-state index contributed by atoms with van der Waals surface area (Å²) in [4.78, 5) is 0. The van der Waals surface area contributed by atoms with Gasteiger partial charge in [0.15, 0.2) is 11.5 Å². The van der Waals surface area contributed by atoms with E-state index in [1.165, 1.54) is 6.42 Å². The van der Waals surface area contributed by atoms with Gasteiger partial charge in [-0.25, -0.2) is 0 Å². The van der Waals surface area contributed by atoms with Crippen LogP contribution < -0.4 is 15.2 Å². The molecule has 4 nitrogen and oxygen atoms in total. The summed E-state index contributed by atoms with van der Waals surface area (Å²) in [5.41, 5.74) is 6.98. The Morgan fingerprint density at radius 1 is 1.28 bits per heavy atom. The van der Waals surface area contributed by atoms with Gasteiger partial charge in [-0.15, -0.1) is 12.4 Å². The lowest BCUT2D eigenvalue weighted by atomic mass is 9.77. The van der Waals surface area contributed by atoms with Crippen molar-refractivity contribution < 1.29 is 14.6 Å². The van der Waals surface area contributed by atoms with E-state index in [2.05, 4.69) is 0 Å². The summed E-state index contributed by atoms with van der Waals surface area (Å²) in [6, 6.07) is 5.25. The number of para-hydroxylation sites is 1. The van der Waals surface area contributed by atoms with Crippen molar-refractivity contribution in [2.75, 3.05) is 6.79 Å². The van der Waals surface area contributed by atoms with Gasteiger partial charge in [0.1, 0.15) is 0 Å². The quantitative estimate of drug-likeness (QED) is 0.883. The van der Waals surface area contributed by atoms with E-state index < -0.39 is 12.1 Å². The van der Waals surface area contributed by atoms with Crippen molar-refractivity contribution in [3.8, 4) is 11.5 Å². The Labute approximate surface area is 112 Å². The molecule has 3 N–H and O–H groups in total. The van der Waals surface area contributed by atoms with Crippen molar-refractivity contribution in [1.29, 1.82) is 0 Å². The van der Waals surface area contributed by atoms with Gasteiger partial charge in [-0.1, -0.05) is 18.6 Å². The third-order valence-electron chi connectivity index (χ3n) is 3.79. The zero-order valence-corrected chi connectivity index (χ0v) is 10.9. The minimum atomic E-state index is -0.487. The zero-order chi connectivity index (χ0) is 11.8. The van der Waals surface area contributed by atoms with E-state index in [-0.39, 0.29) is 19.2 Å². The maximum Gasteiger partial charge on any atom is 0.231 e. The second-order valence-electron chi connectivity index (χ2n) is 4.79. The maximum absolute atomic E-state index is 10.2. The van der Waals surface area contributed by atoms with Crippen LogP contribution in [0, 0.1) is 5.92 Å². The van der Waals surface area contributed by atoms with Crippen molar-refractivity contribution in [3.63, 3.8) is 0 Å². The first-order valence-electron chi connectivity index (χ1n) is 6.09. The molecule has 1 saturated carbocycles. The lowest BCUT2D eigenvalue weighted by Crippen LogP contribution is -2.36. The van der Waals surface area contributed by atoms with Crippen LogP contribution in [0.25, 0.3) is 0 Å². The van der Waals surface area contributed by atoms with Crippen molar-refractivity contribution in [3.05, 3.63) is 23.8 Å². The standard InChI is InChI=1S/C13H17NO3.ClH/c14-11(12(15)8-3-1-4-8)9-5-2-6-10-13(9)17-7-16-10;/h2,5-6,8,11-12,15H,1,3-4,7,14H2;1H/t11-,12+;/m1./s1. The summed E-state index contributed by atoms with van der Waals surface area (Å²) in [6.45, 7) is 0.235. The number of benzene rings is 1. The van der Waals surface area contributed by atoms with E-state index in [0.29, 0.717) is 11.7 Å². The number of aliphatic hydroxyl groups is 1. The molecule has 0 amide bonds. The highest BCUT2D eigenvalue weighted by Gasteiger charge is 2.33. The van der Waals surface area contributed by atoms with E-state index in [9.17, 15) is 5.11 Å². The average molecular weight is 272 g/mol. The monoisotopic (exact) mass is 271 g/mol. The molecule has 1 aliphatic carbocycles. The Bertz CT molecular complexity index is 423. The molecule has 0 bridgehead atoms. The van der Waals surface area contributed by atoms with Gasteiger partial charge >= 0.3 is 0 Å².